The van der Waals surface area contributed by atoms with Crippen LogP contribution in [0.5, 0.6) is 0 Å². The summed E-state index contributed by atoms with van der Waals surface area (Å²) in [5.74, 6) is 0. The summed E-state index contributed by atoms with van der Waals surface area (Å²) in [4.78, 5) is 9.36. The van der Waals surface area contributed by atoms with E-state index in [1.54, 1.807) is 6.92 Å². The maximum atomic E-state index is 9.36. The van der Waals surface area contributed by atoms with Gasteiger partial charge in [-0.3, -0.25) is 4.79 Å². The van der Waals surface area contributed by atoms with E-state index in [2.05, 4.69) is 0 Å². The van der Waals surface area contributed by atoms with Crippen molar-refractivity contribution in [1.82, 2.24) is 0 Å². The molecule has 0 aliphatic heterocycles. The summed E-state index contributed by atoms with van der Waals surface area (Å²) in [6.07, 6.45) is 1.01. The zero-order chi connectivity index (χ0) is 4.99. The molecule has 1 radical (unpaired) electrons. The van der Waals surface area contributed by atoms with Crippen molar-refractivity contribution >= 4 is 6.29 Å². The molecule has 1 N–H and O–H groups in total. The van der Waals surface area contributed by atoms with Crippen LogP contribution in [0.15, 0.2) is 0 Å². The van der Waals surface area contributed by atoms with Gasteiger partial charge in [-0.15, -0.1) is 0 Å². The second-order valence-corrected chi connectivity index (χ2v) is 1.04. The van der Waals surface area contributed by atoms with Crippen molar-refractivity contribution in [2.75, 3.05) is 0 Å². The van der Waals surface area contributed by atoms with E-state index < -0.39 is 6.10 Å². The Hall–Kier alpha value is -0.370. The Balaban J connectivity index is 2.96. The molecule has 0 heterocycles. The quantitative estimate of drug-likeness (QED) is 0.509. The molecule has 0 aromatic carbocycles. The van der Waals surface area contributed by atoms with Crippen LogP contribution >= 0.6 is 0 Å². The molecule has 0 aliphatic carbocycles. The molecule has 0 spiro atoms. The van der Waals surface area contributed by atoms with Gasteiger partial charge in [0, 0.05) is 0 Å². The number of rotatable bonds is 2. The van der Waals surface area contributed by atoms with Gasteiger partial charge in [-0.25, -0.2) is 0 Å². The van der Waals surface area contributed by atoms with Crippen molar-refractivity contribution in [2.24, 2.45) is 0 Å². The number of hydrogen-bond donors (Lipinski definition) is 1. The first kappa shape index (κ1) is 5.63. The van der Waals surface area contributed by atoms with Gasteiger partial charge in [0.25, 0.3) is 0 Å². The predicted octanol–water partition coefficient (Wildman–Crippen LogP) is -0.133. The van der Waals surface area contributed by atoms with E-state index in [0.717, 1.165) is 0 Å². The third-order valence-corrected chi connectivity index (χ3v) is 0.523. The highest BCUT2D eigenvalue weighted by atomic mass is 16.3. The lowest BCUT2D eigenvalue weighted by atomic mass is 10.3. The Morgan fingerprint density at radius 2 is 2.50 bits per heavy atom. The average molecular weight is 87.1 g/mol. The van der Waals surface area contributed by atoms with Crippen LogP contribution in [0.2, 0.25) is 0 Å². The van der Waals surface area contributed by atoms with Crippen LogP contribution in [0.3, 0.4) is 0 Å². The summed E-state index contributed by atoms with van der Waals surface area (Å²) in [7, 11) is 0. The lowest BCUT2D eigenvalue weighted by Gasteiger charge is -1.88. The lowest BCUT2D eigenvalue weighted by Crippen LogP contribution is -2.03. The van der Waals surface area contributed by atoms with Crippen LogP contribution in [0.4, 0.5) is 0 Å². The van der Waals surface area contributed by atoms with Crippen molar-refractivity contribution < 1.29 is 9.90 Å². The van der Waals surface area contributed by atoms with E-state index in [0.29, 0.717) is 6.42 Å². The Morgan fingerprint density at radius 1 is 2.00 bits per heavy atom. The van der Waals surface area contributed by atoms with Crippen molar-refractivity contribution in [3.63, 3.8) is 0 Å². The Morgan fingerprint density at radius 3 is 2.50 bits per heavy atom. The van der Waals surface area contributed by atoms with E-state index in [4.69, 9.17) is 5.11 Å². The number of aliphatic hydroxyl groups is 1. The SMILES string of the molecule is CCC(O)[C]=O. The van der Waals surface area contributed by atoms with Gasteiger partial charge in [-0.2, -0.15) is 0 Å². The molecule has 0 saturated heterocycles. The zero-order valence-corrected chi connectivity index (χ0v) is 3.64. The highest BCUT2D eigenvalue weighted by Crippen LogP contribution is 1.79. The maximum Gasteiger partial charge on any atom is 0.229 e. The van der Waals surface area contributed by atoms with Crippen LogP contribution in [-0.4, -0.2) is 17.5 Å². The molecule has 0 saturated carbocycles. The molecule has 0 aromatic heterocycles. The summed E-state index contributed by atoms with van der Waals surface area (Å²) in [5.41, 5.74) is 0. The lowest BCUT2D eigenvalue weighted by molar-refractivity contribution is 0.230. The second-order valence-electron chi connectivity index (χ2n) is 1.04. The van der Waals surface area contributed by atoms with Gasteiger partial charge in [0.2, 0.25) is 6.29 Å². The second kappa shape index (κ2) is 2.85. The van der Waals surface area contributed by atoms with Gasteiger partial charge >= 0.3 is 0 Å². The predicted molar refractivity (Wildman–Crippen MR) is 22.0 cm³/mol. The van der Waals surface area contributed by atoms with E-state index in [1.165, 1.54) is 6.29 Å². The fourth-order valence-corrected chi connectivity index (χ4v) is 0.0833. The summed E-state index contributed by atoms with van der Waals surface area (Å²) in [6, 6.07) is 0. The molecule has 0 amide bonds. The van der Waals surface area contributed by atoms with Crippen molar-refractivity contribution in [3.05, 3.63) is 0 Å². The average Bonchev–Trinajstić information content (AvgIpc) is 1.65. The minimum Gasteiger partial charge on any atom is -0.385 e. The standard InChI is InChI=1S/C4H7O2/c1-2-4(6)3-5/h4,6H,2H2,1H3. The fourth-order valence-electron chi connectivity index (χ4n) is 0.0833. The summed E-state index contributed by atoms with van der Waals surface area (Å²) >= 11 is 0. The largest absolute Gasteiger partial charge is 0.385 e. The van der Waals surface area contributed by atoms with Crippen LogP contribution in [-0.2, 0) is 4.79 Å². The summed E-state index contributed by atoms with van der Waals surface area (Å²) < 4.78 is 0. The first-order chi connectivity index (χ1) is 2.81. The minimum atomic E-state index is -0.870. The first-order valence-electron chi connectivity index (χ1n) is 1.87. The summed E-state index contributed by atoms with van der Waals surface area (Å²) in [5, 5.41) is 8.24. The van der Waals surface area contributed by atoms with Gasteiger partial charge in [-0.05, 0) is 6.42 Å². The topological polar surface area (TPSA) is 37.3 Å². The van der Waals surface area contributed by atoms with E-state index in [-0.39, 0.29) is 0 Å². The Labute approximate surface area is 36.8 Å². The normalized spacial score (nSPS) is 13.7. The first-order valence-corrected chi connectivity index (χ1v) is 1.87. The van der Waals surface area contributed by atoms with Crippen LogP contribution in [0, 0.1) is 0 Å². The third kappa shape index (κ3) is 1.91. The van der Waals surface area contributed by atoms with Gasteiger partial charge in [0.1, 0.15) is 6.10 Å². The molecule has 1 atom stereocenters. The molecule has 0 fully saturated rings. The number of hydrogen-bond acceptors (Lipinski definition) is 2. The third-order valence-electron chi connectivity index (χ3n) is 0.523. The highest BCUT2D eigenvalue weighted by Gasteiger charge is 1.93. The molecular weight excluding hydrogens is 80.0 g/mol. The Bertz CT molecular complexity index is 42.8. The van der Waals surface area contributed by atoms with Crippen LogP contribution < -0.4 is 0 Å². The van der Waals surface area contributed by atoms with Gasteiger partial charge in [0.05, 0.1) is 0 Å². The van der Waals surface area contributed by atoms with Crippen LogP contribution in [0.1, 0.15) is 13.3 Å². The van der Waals surface area contributed by atoms with Crippen LogP contribution in [0.25, 0.3) is 0 Å². The molecule has 35 valence electrons. The number of aliphatic hydroxyl groups excluding tert-OH is 1. The molecule has 6 heavy (non-hydrogen) atoms. The van der Waals surface area contributed by atoms with Crippen molar-refractivity contribution in [2.45, 2.75) is 19.4 Å². The highest BCUT2D eigenvalue weighted by molar-refractivity contribution is 5.56. The zero-order valence-electron chi connectivity index (χ0n) is 3.64. The monoisotopic (exact) mass is 87.0 g/mol. The summed E-state index contributed by atoms with van der Waals surface area (Å²) in [6.45, 7) is 1.72. The molecular formula is C4H7O2. The van der Waals surface area contributed by atoms with Crippen molar-refractivity contribution in [1.29, 1.82) is 0 Å². The van der Waals surface area contributed by atoms with E-state index in [9.17, 15) is 4.79 Å². The minimum absolute atomic E-state index is 0.462. The fraction of sp³-hybridized carbons (Fsp3) is 0.750. The molecule has 0 bridgehead atoms. The smallest absolute Gasteiger partial charge is 0.229 e. The maximum absolute atomic E-state index is 9.36. The molecule has 2 nitrogen and oxygen atoms in total. The van der Waals surface area contributed by atoms with Crippen molar-refractivity contribution in [3.8, 4) is 0 Å². The molecule has 2 heteroatoms. The van der Waals surface area contributed by atoms with Gasteiger partial charge in [0.15, 0.2) is 0 Å². The molecule has 0 aromatic rings. The van der Waals surface area contributed by atoms with Gasteiger partial charge < -0.3 is 5.11 Å². The molecule has 1 unspecified atom stereocenters. The van der Waals surface area contributed by atoms with E-state index >= 15 is 0 Å². The van der Waals surface area contributed by atoms with E-state index in [1.807, 2.05) is 0 Å². The number of carbonyl (C=O) groups excluding carboxylic acids is 1. The van der Waals surface area contributed by atoms with Gasteiger partial charge in [-0.1, -0.05) is 6.92 Å². The Kier molecular flexibility index (Phi) is 2.67. The molecule has 0 rings (SSSR count). The molecule has 0 aliphatic rings.